The van der Waals surface area contributed by atoms with Gasteiger partial charge in [0, 0.05) is 34.9 Å². The first-order chi connectivity index (χ1) is 16.1. The summed E-state index contributed by atoms with van der Waals surface area (Å²) in [5, 5.41) is -0.676. The fourth-order valence-electron chi connectivity index (χ4n) is 3.89. The van der Waals surface area contributed by atoms with E-state index in [9.17, 15) is 0 Å². The summed E-state index contributed by atoms with van der Waals surface area (Å²) in [6.07, 6.45) is 1.46. The fraction of sp³-hybridized carbons (Fsp3) is 1.00. The molecule has 9 heteroatoms. The van der Waals surface area contributed by atoms with Gasteiger partial charge in [0.05, 0.1) is 18.7 Å². The van der Waals surface area contributed by atoms with E-state index < -0.39 is 25.7 Å². The van der Waals surface area contributed by atoms with Gasteiger partial charge in [-0.05, 0) is 17.8 Å². The zero-order chi connectivity index (χ0) is 28.2. The van der Waals surface area contributed by atoms with E-state index in [1.165, 1.54) is 0 Å². The topological polar surface area (TPSA) is 55.4 Å². The highest BCUT2D eigenvalue weighted by molar-refractivity contribution is 6.97. The standard InChI is InChI=1S/C27H60O6Si3/c1-22(2)16-28-19-34(25(7,8)9)31-35(26(10,11)12,20-29-17-23(3)4)33-36(32-34,27(13,14)15)21-30-18-24(5)6/h22-24H,16-21H2,1-15H3. The van der Waals surface area contributed by atoms with Crippen LogP contribution in [0.2, 0.25) is 15.1 Å². The Kier molecular flexibility index (Phi) is 12.2. The molecule has 36 heavy (non-hydrogen) atoms. The number of hydrogen-bond acceptors (Lipinski definition) is 6. The van der Waals surface area contributed by atoms with Crippen LogP contribution in [0, 0.1) is 17.8 Å². The molecule has 0 unspecified atom stereocenters. The van der Waals surface area contributed by atoms with Gasteiger partial charge < -0.3 is 26.6 Å². The summed E-state index contributed by atoms with van der Waals surface area (Å²) in [4.78, 5) is 0. The third-order valence-electron chi connectivity index (χ3n) is 6.65. The van der Waals surface area contributed by atoms with Crippen molar-refractivity contribution in [1.29, 1.82) is 0 Å². The molecule has 0 saturated carbocycles. The number of rotatable bonds is 12. The minimum atomic E-state index is -2.98. The van der Waals surface area contributed by atoms with Crippen LogP contribution in [0.25, 0.3) is 0 Å². The van der Waals surface area contributed by atoms with E-state index >= 15 is 0 Å². The first kappa shape index (κ1) is 34.4. The van der Waals surface area contributed by atoms with Gasteiger partial charge in [0.1, 0.15) is 0 Å². The normalized spacial score (nSPS) is 28.5. The molecule has 0 N–H and O–H groups in total. The molecule has 0 aromatic carbocycles. The Hall–Kier alpha value is 0.411. The smallest absolute Gasteiger partial charge is 0.352 e. The molecular formula is C27H60O6Si3. The van der Waals surface area contributed by atoms with Crippen molar-refractivity contribution >= 4 is 25.7 Å². The Morgan fingerprint density at radius 3 is 0.778 bits per heavy atom. The summed E-state index contributed by atoms with van der Waals surface area (Å²) in [6, 6.07) is 0. The van der Waals surface area contributed by atoms with Crippen LogP contribution in [0.3, 0.4) is 0 Å². The van der Waals surface area contributed by atoms with Gasteiger partial charge >= 0.3 is 25.7 Å². The first-order valence-corrected chi connectivity index (χ1v) is 20.0. The maximum absolute atomic E-state index is 7.39. The zero-order valence-corrected chi connectivity index (χ0v) is 29.4. The molecule has 1 saturated heterocycles. The third kappa shape index (κ3) is 8.71. The Balaban J connectivity index is 3.76. The molecule has 0 amide bonds. The van der Waals surface area contributed by atoms with Crippen molar-refractivity contribution in [3.05, 3.63) is 0 Å². The molecule has 1 heterocycles. The van der Waals surface area contributed by atoms with E-state index in [1.54, 1.807) is 0 Å². The zero-order valence-electron chi connectivity index (χ0n) is 26.4. The molecule has 1 aliphatic heterocycles. The lowest BCUT2D eigenvalue weighted by molar-refractivity contribution is 0.0516. The monoisotopic (exact) mass is 564 g/mol. The summed E-state index contributed by atoms with van der Waals surface area (Å²) in [5.41, 5.74) is 0. The van der Waals surface area contributed by atoms with Gasteiger partial charge in [0.2, 0.25) is 0 Å². The average molecular weight is 565 g/mol. The van der Waals surface area contributed by atoms with Crippen LogP contribution in [-0.2, 0) is 26.6 Å². The maximum Gasteiger partial charge on any atom is 0.352 e. The highest BCUT2D eigenvalue weighted by Crippen LogP contribution is 2.55. The predicted molar refractivity (Wildman–Crippen MR) is 157 cm³/mol. The van der Waals surface area contributed by atoms with Gasteiger partial charge in [0.15, 0.2) is 0 Å². The molecule has 0 aliphatic carbocycles. The Morgan fingerprint density at radius 1 is 0.444 bits per heavy atom. The van der Waals surface area contributed by atoms with Gasteiger partial charge in [-0.3, -0.25) is 0 Å². The van der Waals surface area contributed by atoms with Gasteiger partial charge in [-0.25, -0.2) is 0 Å². The van der Waals surface area contributed by atoms with Crippen molar-refractivity contribution < 1.29 is 26.6 Å². The van der Waals surface area contributed by atoms with Crippen LogP contribution in [0.5, 0.6) is 0 Å². The van der Waals surface area contributed by atoms with E-state index in [0.717, 1.165) is 0 Å². The highest BCUT2D eigenvalue weighted by atomic mass is 28.5. The third-order valence-corrected chi connectivity index (χ3v) is 23.2. The van der Waals surface area contributed by atoms with Crippen LogP contribution in [0.4, 0.5) is 0 Å². The largest absolute Gasteiger partial charge is 0.412 e. The van der Waals surface area contributed by atoms with Crippen molar-refractivity contribution in [3.8, 4) is 0 Å². The van der Waals surface area contributed by atoms with E-state index in [-0.39, 0.29) is 15.1 Å². The molecule has 0 spiro atoms. The van der Waals surface area contributed by atoms with Crippen molar-refractivity contribution in [3.63, 3.8) is 0 Å². The second kappa shape index (κ2) is 12.7. The second-order valence-corrected chi connectivity index (χ2v) is 27.4. The molecule has 0 radical (unpaired) electrons. The van der Waals surface area contributed by atoms with Gasteiger partial charge in [-0.15, -0.1) is 0 Å². The highest BCUT2D eigenvalue weighted by Gasteiger charge is 2.72. The minimum Gasteiger partial charge on any atom is -0.412 e. The quantitative estimate of drug-likeness (QED) is 0.230. The molecule has 0 aromatic rings. The SMILES string of the molecule is CC(C)COC[Si]1(C(C)(C)C)O[Si](COCC(C)C)(C(C)(C)C)O[Si](COCC(C)C)(C(C)(C)C)O1. The lowest BCUT2D eigenvalue weighted by Crippen LogP contribution is -2.80. The number of hydrogen-bond donors (Lipinski definition) is 0. The van der Waals surface area contributed by atoms with Crippen molar-refractivity contribution in [2.45, 2.75) is 119 Å². The van der Waals surface area contributed by atoms with Gasteiger partial charge in [-0.2, -0.15) is 0 Å². The van der Waals surface area contributed by atoms with Crippen LogP contribution in [0.1, 0.15) is 104 Å². The van der Waals surface area contributed by atoms with E-state index in [4.69, 9.17) is 26.6 Å². The summed E-state index contributed by atoms with van der Waals surface area (Å²) in [5.74, 6) is 1.32. The second-order valence-electron chi connectivity index (χ2n) is 15.0. The Morgan fingerprint density at radius 2 is 0.639 bits per heavy atom. The van der Waals surface area contributed by atoms with Crippen LogP contribution in [-0.4, -0.2) is 64.2 Å². The molecule has 0 atom stereocenters. The molecule has 216 valence electrons. The molecule has 0 bridgehead atoms. The molecular weight excluding hydrogens is 505 g/mol. The van der Waals surface area contributed by atoms with Gasteiger partial charge in [0.25, 0.3) is 0 Å². The van der Waals surface area contributed by atoms with E-state index in [0.29, 0.717) is 56.3 Å². The van der Waals surface area contributed by atoms with Crippen molar-refractivity contribution in [1.82, 2.24) is 0 Å². The lowest BCUT2D eigenvalue weighted by Gasteiger charge is -2.62. The summed E-state index contributed by atoms with van der Waals surface area (Å²) in [6.45, 7) is 35.3. The van der Waals surface area contributed by atoms with Crippen molar-refractivity contribution in [2.75, 3.05) is 38.5 Å². The average Bonchev–Trinajstić information content (AvgIpc) is 2.64. The first-order valence-electron chi connectivity index (χ1n) is 14.0. The van der Waals surface area contributed by atoms with Crippen molar-refractivity contribution in [2.24, 2.45) is 17.8 Å². The minimum absolute atomic E-state index is 0.225. The lowest BCUT2D eigenvalue weighted by atomic mass is 10.2. The Bertz CT molecular complexity index is 566. The fourth-order valence-corrected chi connectivity index (χ4v) is 23.1. The molecule has 1 rings (SSSR count). The van der Waals surface area contributed by atoms with E-state index in [1.807, 2.05) is 0 Å². The molecule has 0 aromatic heterocycles. The number of ether oxygens (including phenoxy) is 3. The molecule has 1 fully saturated rings. The molecule has 6 nitrogen and oxygen atoms in total. The summed E-state index contributed by atoms with van der Waals surface area (Å²) in [7, 11) is -8.94. The Labute approximate surface area is 227 Å². The maximum atomic E-state index is 7.39. The van der Waals surface area contributed by atoms with Crippen LogP contribution < -0.4 is 0 Å². The summed E-state index contributed by atoms with van der Waals surface area (Å²) >= 11 is 0. The van der Waals surface area contributed by atoms with Gasteiger partial charge in [-0.1, -0.05) is 104 Å². The van der Waals surface area contributed by atoms with E-state index in [2.05, 4.69) is 104 Å². The summed E-state index contributed by atoms with van der Waals surface area (Å²) < 4.78 is 41.3. The predicted octanol–water partition coefficient (Wildman–Crippen LogP) is 7.41. The van der Waals surface area contributed by atoms with Crippen LogP contribution in [0.15, 0.2) is 0 Å². The van der Waals surface area contributed by atoms with Crippen LogP contribution >= 0.6 is 0 Å². The molecule has 1 aliphatic rings.